The molecule has 0 aliphatic carbocycles. The van der Waals surface area contributed by atoms with E-state index in [9.17, 15) is 19.2 Å². The van der Waals surface area contributed by atoms with Gasteiger partial charge in [-0.1, -0.05) is 24.3 Å². The van der Waals surface area contributed by atoms with Crippen molar-refractivity contribution < 1.29 is 49.1 Å². The summed E-state index contributed by atoms with van der Waals surface area (Å²) in [6.45, 7) is -2.20. The molecule has 0 unspecified atom stereocenters. The molecule has 0 amide bonds. The second kappa shape index (κ2) is 15.2. The zero-order chi connectivity index (χ0) is 25.1. The van der Waals surface area contributed by atoms with Crippen molar-refractivity contribution in [3.05, 3.63) is 48.5 Å². The number of ether oxygens (including phenoxy) is 2. The zero-order valence-electron chi connectivity index (χ0n) is 19.0. The van der Waals surface area contributed by atoms with Crippen molar-refractivity contribution in [3.63, 3.8) is 0 Å². The van der Waals surface area contributed by atoms with Crippen LogP contribution in [0.15, 0.2) is 48.5 Å². The smallest absolute Gasteiger partial charge is 0.323 e. The van der Waals surface area contributed by atoms with Crippen LogP contribution in [0, 0.1) is 0 Å². The average Bonchev–Trinajstić information content (AvgIpc) is 2.75. The van der Waals surface area contributed by atoms with Crippen molar-refractivity contribution in [1.82, 2.24) is 0 Å². The number of nitrogens with zero attached hydrogens (tertiary/aromatic N) is 2. The third kappa shape index (κ3) is 10.5. The van der Waals surface area contributed by atoms with E-state index in [-0.39, 0.29) is 87.5 Å². The van der Waals surface area contributed by atoms with E-state index in [1.54, 1.807) is 36.4 Å². The minimum Gasteiger partial charge on any atom is -0.488 e. The number of carboxylic acids is 4. The van der Waals surface area contributed by atoms with Gasteiger partial charge in [-0.3, -0.25) is 19.2 Å². The van der Waals surface area contributed by atoms with Crippen LogP contribution >= 0.6 is 0 Å². The summed E-state index contributed by atoms with van der Waals surface area (Å²) < 4.78 is 11.4. The van der Waals surface area contributed by atoms with Crippen molar-refractivity contribution in [2.45, 2.75) is 0 Å². The van der Waals surface area contributed by atoms with Crippen molar-refractivity contribution in [2.24, 2.45) is 0 Å². The van der Waals surface area contributed by atoms with E-state index >= 15 is 0 Å². The molecule has 183 valence electrons. The molecule has 0 fully saturated rings. The van der Waals surface area contributed by atoms with Gasteiger partial charge in [0.05, 0.1) is 11.4 Å². The average molecular weight is 516 g/mol. The second-order valence-electron chi connectivity index (χ2n) is 6.92. The Hall–Kier alpha value is -2.84. The maximum absolute atomic E-state index is 11.1. The Bertz CT molecular complexity index is 919. The van der Waals surface area contributed by atoms with Gasteiger partial charge in [0.1, 0.15) is 50.9 Å². The number of para-hydroxylation sites is 4. The van der Waals surface area contributed by atoms with Gasteiger partial charge in [0.25, 0.3) is 0 Å². The molecule has 2 rings (SSSR count). The first-order chi connectivity index (χ1) is 16.2. The number of rotatable bonds is 15. The molecule has 0 atom stereocenters. The predicted octanol–water partition coefficient (Wildman–Crippen LogP) is 0.715. The van der Waals surface area contributed by atoms with Gasteiger partial charge in [0.2, 0.25) is 0 Å². The number of carbonyl (C=O) groups is 4. The Labute approximate surface area is 243 Å². The van der Waals surface area contributed by atoms with E-state index in [0.717, 1.165) is 9.80 Å². The first-order valence-corrected chi connectivity index (χ1v) is 9.98. The van der Waals surface area contributed by atoms with Crippen molar-refractivity contribution in [1.29, 1.82) is 0 Å². The number of hydrogen-bond acceptors (Lipinski definition) is 8. The van der Waals surface area contributed by atoms with Crippen LogP contribution in [0.3, 0.4) is 0 Å². The Balaban J connectivity index is 0.00000612. The summed E-state index contributed by atoms with van der Waals surface area (Å²) >= 11 is 0. The topological polar surface area (TPSA) is 174 Å². The molecule has 13 heteroatoms. The number of anilines is 2. The van der Waals surface area contributed by atoms with Gasteiger partial charge in [-0.05, 0) is 24.3 Å². The van der Waals surface area contributed by atoms with Crippen molar-refractivity contribution >= 4 is 86.6 Å². The van der Waals surface area contributed by atoms with Crippen LogP contribution in [0.25, 0.3) is 0 Å². The first kappa shape index (κ1) is 30.2. The number of benzene rings is 2. The van der Waals surface area contributed by atoms with Gasteiger partial charge >= 0.3 is 23.9 Å². The van der Waals surface area contributed by atoms with Crippen LogP contribution in [0.1, 0.15) is 0 Å². The first-order valence-electron chi connectivity index (χ1n) is 9.98. The Morgan fingerprint density at radius 2 is 0.857 bits per heavy atom. The molecule has 0 aliphatic heterocycles. The summed E-state index contributed by atoms with van der Waals surface area (Å²) in [6.07, 6.45) is 0. The quantitative estimate of drug-likeness (QED) is 0.193. The molecule has 2 aromatic carbocycles. The molecule has 0 saturated heterocycles. The van der Waals surface area contributed by atoms with Gasteiger partial charge < -0.3 is 39.7 Å². The van der Waals surface area contributed by atoms with Gasteiger partial charge in [0, 0.05) is 51.4 Å². The molecule has 0 heterocycles. The SMILES string of the molecule is O=C(O)CN(CC(=O)O)c1ccccc1OCCOc1ccccc1N(CC(=O)O)CC(=O)O.[K]. The predicted molar refractivity (Wildman–Crippen MR) is 125 cm³/mol. The van der Waals surface area contributed by atoms with Crippen LogP contribution in [0.2, 0.25) is 0 Å². The molecule has 0 aromatic heterocycles. The van der Waals surface area contributed by atoms with E-state index < -0.39 is 50.1 Å². The fourth-order valence-electron chi connectivity index (χ4n) is 3.09. The van der Waals surface area contributed by atoms with Gasteiger partial charge in [0.15, 0.2) is 0 Å². The fourth-order valence-corrected chi connectivity index (χ4v) is 3.09. The summed E-state index contributed by atoms with van der Waals surface area (Å²) in [7, 11) is 0. The number of aliphatic carboxylic acids is 4. The minimum absolute atomic E-state index is 0. The van der Waals surface area contributed by atoms with Crippen molar-refractivity contribution in [3.8, 4) is 11.5 Å². The third-order valence-corrected chi connectivity index (χ3v) is 4.31. The van der Waals surface area contributed by atoms with Crippen LogP contribution in [0.4, 0.5) is 11.4 Å². The summed E-state index contributed by atoms with van der Waals surface area (Å²) in [5.41, 5.74) is 0.559. The summed E-state index contributed by atoms with van der Waals surface area (Å²) in [5, 5.41) is 36.4. The van der Waals surface area contributed by atoms with Gasteiger partial charge in [-0.15, -0.1) is 0 Å². The number of carboxylic acid groups (broad SMARTS) is 4. The Morgan fingerprint density at radius 1 is 0.571 bits per heavy atom. The summed E-state index contributed by atoms with van der Waals surface area (Å²) in [5.74, 6) is -4.32. The molecule has 12 nitrogen and oxygen atoms in total. The fraction of sp³-hybridized carbons (Fsp3) is 0.273. The maximum atomic E-state index is 11.1. The molecule has 0 spiro atoms. The minimum atomic E-state index is -1.21. The molecule has 0 aliphatic rings. The Morgan fingerprint density at radius 3 is 1.14 bits per heavy atom. The van der Waals surface area contributed by atoms with E-state index in [1.165, 1.54) is 12.1 Å². The van der Waals surface area contributed by atoms with Crippen LogP contribution in [-0.4, -0.2) is 135 Å². The molecular formula is C22H24KN2O10. The molecule has 2 aromatic rings. The van der Waals surface area contributed by atoms with E-state index in [1.807, 2.05) is 0 Å². The normalized spacial score (nSPS) is 9.94. The Kier molecular flexibility index (Phi) is 13.1. The zero-order valence-corrected chi connectivity index (χ0v) is 22.1. The number of hydrogen-bond donors (Lipinski definition) is 4. The largest absolute Gasteiger partial charge is 0.488 e. The molecule has 35 heavy (non-hydrogen) atoms. The standard InChI is InChI=1S/C22H24N2O10.K/c25-19(26)11-23(12-20(27)28)15-5-1-3-7-17(15)33-9-10-34-18-8-4-2-6-16(18)24(13-21(29)30)14-22(31)32;/h1-8H,9-14H2,(H,25,26)(H,27,28)(H,29,30)(H,31,32);. The summed E-state index contributed by atoms with van der Waals surface area (Å²) in [6, 6.07) is 12.7. The van der Waals surface area contributed by atoms with Gasteiger partial charge in [-0.25, -0.2) is 0 Å². The molecular weight excluding hydrogens is 491 g/mol. The second-order valence-corrected chi connectivity index (χ2v) is 6.92. The maximum Gasteiger partial charge on any atom is 0.323 e. The third-order valence-electron chi connectivity index (χ3n) is 4.31. The van der Waals surface area contributed by atoms with Crippen molar-refractivity contribution in [2.75, 3.05) is 49.2 Å². The van der Waals surface area contributed by atoms with Crippen LogP contribution < -0.4 is 19.3 Å². The molecule has 1 radical (unpaired) electrons. The van der Waals surface area contributed by atoms with Gasteiger partial charge in [-0.2, -0.15) is 0 Å². The molecule has 0 saturated carbocycles. The van der Waals surface area contributed by atoms with E-state index in [0.29, 0.717) is 0 Å². The monoisotopic (exact) mass is 515 g/mol. The summed E-state index contributed by atoms with van der Waals surface area (Å²) in [4.78, 5) is 46.9. The molecule has 4 N–H and O–H groups in total. The van der Waals surface area contributed by atoms with Crippen LogP contribution in [-0.2, 0) is 19.2 Å². The van der Waals surface area contributed by atoms with Crippen LogP contribution in [0.5, 0.6) is 11.5 Å². The van der Waals surface area contributed by atoms with E-state index in [2.05, 4.69) is 0 Å². The molecule has 0 bridgehead atoms. The van der Waals surface area contributed by atoms with E-state index in [4.69, 9.17) is 29.9 Å².